The largest absolute Gasteiger partial charge is 0.507 e. The van der Waals surface area contributed by atoms with Gasteiger partial charge in [0.15, 0.2) is 17.4 Å². The number of aromatic hydroxyl groups is 2. The second kappa shape index (κ2) is 4.21. The summed E-state index contributed by atoms with van der Waals surface area (Å²) in [7, 11) is 0. The molecule has 0 aliphatic rings. The molecule has 18 heavy (non-hydrogen) atoms. The quantitative estimate of drug-likeness (QED) is 0.468. The minimum Gasteiger partial charge on any atom is -0.507 e. The van der Waals surface area contributed by atoms with Crippen molar-refractivity contribution in [2.24, 2.45) is 0 Å². The summed E-state index contributed by atoms with van der Waals surface area (Å²) in [6.07, 6.45) is 0. The molecule has 0 aliphatic heterocycles. The summed E-state index contributed by atoms with van der Waals surface area (Å²) < 4.78 is 52.6. The van der Waals surface area contributed by atoms with E-state index in [-0.39, 0.29) is 5.56 Å². The van der Waals surface area contributed by atoms with E-state index < -0.39 is 40.3 Å². The van der Waals surface area contributed by atoms with Gasteiger partial charge in [-0.3, -0.25) is 0 Å². The first-order valence-corrected chi connectivity index (χ1v) is 4.78. The minimum absolute atomic E-state index is 0.342. The lowest BCUT2D eigenvalue weighted by Crippen LogP contribution is -2.00. The Balaban J connectivity index is 2.85. The van der Waals surface area contributed by atoms with Crippen molar-refractivity contribution >= 4 is 0 Å². The second-order valence-corrected chi connectivity index (χ2v) is 3.50. The van der Waals surface area contributed by atoms with Crippen LogP contribution in [0.5, 0.6) is 11.5 Å². The Bertz CT molecular complexity index is 597. The number of para-hydroxylation sites is 1. The summed E-state index contributed by atoms with van der Waals surface area (Å²) in [6.45, 7) is 0. The van der Waals surface area contributed by atoms with Crippen LogP contribution in [0.4, 0.5) is 17.6 Å². The van der Waals surface area contributed by atoms with E-state index in [2.05, 4.69) is 0 Å². The molecule has 0 saturated carbocycles. The molecule has 0 aliphatic carbocycles. The van der Waals surface area contributed by atoms with Crippen molar-refractivity contribution in [2.75, 3.05) is 0 Å². The Morgan fingerprint density at radius 2 is 1.28 bits per heavy atom. The highest BCUT2D eigenvalue weighted by atomic mass is 19.2. The minimum atomic E-state index is -2.11. The van der Waals surface area contributed by atoms with Crippen molar-refractivity contribution in [2.45, 2.75) is 0 Å². The van der Waals surface area contributed by atoms with Gasteiger partial charge in [-0.15, -0.1) is 0 Å². The maximum Gasteiger partial charge on any atom is 0.204 e. The smallest absolute Gasteiger partial charge is 0.204 e. The van der Waals surface area contributed by atoms with E-state index >= 15 is 0 Å². The fourth-order valence-corrected chi connectivity index (χ4v) is 1.55. The van der Waals surface area contributed by atoms with E-state index in [0.717, 1.165) is 12.1 Å². The average Bonchev–Trinajstić information content (AvgIpc) is 2.36. The Morgan fingerprint density at radius 1 is 0.722 bits per heavy atom. The first-order chi connectivity index (χ1) is 8.45. The molecule has 2 N–H and O–H groups in total. The van der Waals surface area contributed by atoms with Crippen LogP contribution in [0.1, 0.15) is 0 Å². The maximum absolute atomic E-state index is 13.5. The molecule has 0 fully saturated rings. The molecule has 2 aromatic carbocycles. The lowest BCUT2D eigenvalue weighted by atomic mass is 10.0. The highest BCUT2D eigenvalue weighted by molar-refractivity contribution is 5.76. The molecule has 94 valence electrons. The molecule has 0 aromatic heterocycles. The Hall–Kier alpha value is -2.24. The van der Waals surface area contributed by atoms with Crippen molar-refractivity contribution < 1.29 is 27.8 Å². The fourth-order valence-electron chi connectivity index (χ4n) is 1.55. The van der Waals surface area contributed by atoms with Crippen LogP contribution in [0.2, 0.25) is 0 Å². The summed E-state index contributed by atoms with van der Waals surface area (Å²) in [5.74, 6) is -9.74. The van der Waals surface area contributed by atoms with E-state index in [1.165, 1.54) is 12.1 Å². The lowest BCUT2D eigenvalue weighted by Gasteiger charge is -2.10. The van der Waals surface area contributed by atoms with Crippen molar-refractivity contribution in [3.05, 3.63) is 47.5 Å². The highest BCUT2D eigenvalue weighted by Gasteiger charge is 2.27. The van der Waals surface area contributed by atoms with Crippen LogP contribution in [0, 0.1) is 23.3 Å². The number of hydrogen-bond donors (Lipinski definition) is 2. The predicted octanol–water partition coefficient (Wildman–Crippen LogP) is 3.32. The van der Waals surface area contributed by atoms with Crippen molar-refractivity contribution in [3.63, 3.8) is 0 Å². The number of rotatable bonds is 1. The summed E-state index contributed by atoms with van der Waals surface area (Å²) >= 11 is 0. The molecule has 2 nitrogen and oxygen atoms in total. The topological polar surface area (TPSA) is 40.5 Å². The van der Waals surface area contributed by atoms with Gasteiger partial charge in [-0.1, -0.05) is 18.2 Å². The summed E-state index contributed by atoms with van der Waals surface area (Å²) in [6, 6.07) is 5.01. The van der Waals surface area contributed by atoms with Crippen LogP contribution < -0.4 is 0 Å². The molecule has 2 rings (SSSR count). The van der Waals surface area contributed by atoms with Crippen LogP contribution in [0.25, 0.3) is 11.1 Å². The van der Waals surface area contributed by atoms with E-state index in [9.17, 15) is 27.8 Å². The van der Waals surface area contributed by atoms with Gasteiger partial charge in [0.1, 0.15) is 5.75 Å². The van der Waals surface area contributed by atoms with E-state index in [1.807, 2.05) is 0 Å². The predicted molar refractivity (Wildman–Crippen MR) is 55.0 cm³/mol. The normalized spacial score (nSPS) is 10.7. The zero-order valence-corrected chi connectivity index (χ0v) is 8.72. The van der Waals surface area contributed by atoms with E-state index in [0.29, 0.717) is 0 Å². The summed E-state index contributed by atoms with van der Waals surface area (Å²) in [4.78, 5) is 0. The van der Waals surface area contributed by atoms with Gasteiger partial charge < -0.3 is 10.2 Å². The third-order valence-electron chi connectivity index (χ3n) is 2.42. The van der Waals surface area contributed by atoms with Gasteiger partial charge in [-0.25, -0.2) is 13.2 Å². The number of hydrogen-bond acceptors (Lipinski definition) is 2. The van der Waals surface area contributed by atoms with Crippen LogP contribution in [-0.4, -0.2) is 10.2 Å². The maximum atomic E-state index is 13.5. The number of halogens is 4. The third kappa shape index (κ3) is 1.66. The van der Waals surface area contributed by atoms with Gasteiger partial charge in [0.05, 0.1) is 5.56 Å². The van der Waals surface area contributed by atoms with E-state index in [4.69, 9.17) is 0 Å². The Kier molecular flexibility index (Phi) is 2.86. The van der Waals surface area contributed by atoms with Crippen molar-refractivity contribution in [1.82, 2.24) is 0 Å². The first kappa shape index (κ1) is 12.2. The molecule has 0 bridgehead atoms. The van der Waals surface area contributed by atoms with Gasteiger partial charge in [0.25, 0.3) is 0 Å². The molecule has 2 aromatic rings. The van der Waals surface area contributed by atoms with Crippen molar-refractivity contribution in [1.29, 1.82) is 0 Å². The highest BCUT2D eigenvalue weighted by Crippen LogP contribution is 2.40. The molecule has 0 radical (unpaired) electrons. The zero-order chi connectivity index (χ0) is 13.4. The molecule has 0 heterocycles. The van der Waals surface area contributed by atoms with Gasteiger partial charge in [-0.2, -0.15) is 4.39 Å². The van der Waals surface area contributed by atoms with Crippen LogP contribution in [0.15, 0.2) is 24.3 Å². The molecular weight excluding hydrogens is 252 g/mol. The van der Waals surface area contributed by atoms with Gasteiger partial charge in [-0.05, 0) is 6.07 Å². The number of benzene rings is 2. The van der Waals surface area contributed by atoms with Crippen LogP contribution in [-0.2, 0) is 0 Å². The van der Waals surface area contributed by atoms with Crippen molar-refractivity contribution in [3.8, 4) is 22.6 Å². The average molecular weight is 258 g/mol. The SMILES string of the molecule is Oc1ccccc1-c1c(O)c(F)c(F)c(F)c1F. The summed E-state index contributed by atoms with van der Waals surface area (Å²) in [5.41, 5.74) is -1.27. The zero-order valence-electron chi connectivity index (χ0n) is 8.72. The van der Waals surface area contributed by atoms with Gasteiger partial charge in [0, 0.05) is 5.56 Å². The molecule has 0 amide bonds. The summed E-state index contributed by atoms with van der Waals surface area (Å²) in [5, 5.41) is 18.8. The molecular formula is C12H6F4O2. The molecule has 0 spiro atoms. The third-order valence-corrected chi connectivity index (χ3v) is 2.42. The Morgan fingerprint density at radius 3 is 1.89 bits per heavy atom. The monoisotopic (exact) mass is 258 g/mol. The van der Waals surface area contributed by atoms with Crippen LogP contribution >= 0.6 is 0 Å². The molecule has 0 unspecified atom stereocenters. The Labute approximate surface area is 98.7 Å². The second-order valence-electron chi connectivity index (χ2n) is 3.50. The lowest BCUT2D eigenvalue weighted by molar-refractivity contribution is 0.367. The molecule has 0 atom stereocenters. The number of phenols is 2. The number of phenolic OH excluding ortho intramolecular Hbond substituents is 2. The van der Waals surface area contributed by atoms with Gasteiger partial charge >= 0.3 is 0 Å². The standard InChI is InChI=1S/C12H6F4O2/c13-8-7(5-3-1-2-4-6(5)17)12(18)11(16)10(15)9(8)14/h1-4,17-18H. The van der Waals surface area contributed by atoms with E-state index in [1.54, 1.807) is 0 Å². The molecule has 6 heteroatoms. The van der Waals surface area contributed by atoms with Crippen LogP contribution in [0.3, 0.4) is 0 Å². The molecule has 0 saturated heterocycles. The first-order valence-electron chi connectivity index (χ1n) is 4.78. The fraction of sp³-hybridized carbons (Fsp3) is 0. The van der Waals surface area contributed by atoms with Gasteiger partial charge in [0.2, 0.25) is 11.6 Å².